The van der Waals surface area contributed by atoms with Crippen LogP contribution in [0.3, 0.4) is 0 Å². The second-order valence-electron chi connectivity index (χ2n) is 9.40. The van der Waals surface area contributed by atoms with Gasteiger partial charge in [0.05, 0.1) is 17.5 Å². The number of aromatic nitrogens is 3. The lowest BCUT2D eigenvalue weighted by molar-refractivity contribution is -0.360. The van der Waals surface area contributed by atoms with Crippen LogP contribution in [0.5, 0.6) is 5.75 Å². The fourth-order valence-corrected chi connectivity index (χ4v) is 4.60. The van der Waals surface area contributed by atoms with Crippen LogP contribution in [-0.4, -0.2) is 84.7 Å². The van der Waals surface area contributed by atoms with E-state index in [0.29, 0.717) is 23.5 Å². The molecule has 1 fully saturated rings. The molecule has 3 aromatic rings. The van der Waals surface area contributed by atoms with Gasteiger partial charge in [0.2, 0.25) is 6.29 Å². The van der Waals surface area contributed by atoms with Crippen LogP contribution in [-0.2, 0) is 23.7 Å². The van der Waals surface area contributed by atoms with E-state index < -0.39 is 54.8 Å². The maximum atomic E-state index is 13.1. The van der Waals surface area contributed by atoms with Gasteiger partial charge in [0.15, 0.2) is 5.82 Å². The van der Waals surface area contributed by atoms with Crippen molar-refractivity contribution in [2.75, 3.05) is 25.1 Å². The molecule has 17 heteroatoms. The van der Waals surface area contributed by atoms with Crippen molar-refractivity contribution in [3.8, 4) is 22.8 Å². The highest BCUT2D eigenvalue weighted by molar-refractivity contribution is 7.82. The van der Waals surface area contributed by atoms with Gasteiger partial charge in [0.1, 0.15) is 30.4 Å². The Morgan fingerprint density at radius 3 is 2.20 bits per heavy atom. The fourth-order valence-electron chi connectivity index (χ4n) is 4.42. The van der Waals surface area contributed by atoms with E-state index in [-0.39, 0.29) is 5.82 Å². The molecule has 44 heavy (non-hydrogen) atoms. The molecular weight excluding hydrogens is 619 g/mol. The molecule has 5 unspecified atom stereocenters. The van der Waals surface area contributed by atoms with Gasteiger partial charge in [-0.25, -0.2) is 18.8 Å². The molecule has 2 heterocycles. The third-order valence-electron chi connectivity index (χ3n) is 6.56. The molecule has 0 aliphatic carbocycles. The molecule has 2 aromatic carbocycles. The van der Waals surface area contributed by atoms with Crippen LogP contribution in [0.2, 0.25) is 0 Å². The monoisotopic (exact) mass is 648 g/mol. The average Bonchev–Trinajstić information content (AvgIpc) is 3.47. The maximum Gasteiger partial charge on any atom is 0.499 e. The number of alkyl halides is 5. The number of rotatable bonds is 10. The number of benzene rings is 2. The van der Waals surface area contributed by atoms with Gasteiger partial charge in [-0.05, 0) is 62.4 Å². The first-order valence-corrected chi connectivity index (χ1v) is 13.5. The third kappa shape index (κ3) is 7.23. The number of carbonyl (C=O) groups is 1. The van der Waals surface area contributed by atoms with Gasteiger partial charge >= 0.3 is 18.4 Å². The quantitative estimate of drug-likeness (QED) is 0.227. The van der Waals surface area contributed by atoms with E-state index in [2.05, 4.69) is 27.6 Å². The van der Waals surface area contributed by atoms with Crippen molar-refractivity contribution >= 4 is 24.6 Å². The minimum atomic E-state index is -5.86. The number of methoxy groups -OCH3 is 2. The molecule has 5 atom stereocenters. The van der Waals surface area contributed by atoms with E-state index >= 15 is 0 Å². The molecule has 1 aromatic heterocycles. The van der Waals surface area contributed by atoms with Crippen LogP contribution >= 0.6 is 12.8 Å². The lowest BCUT2D eigenvalue weighted by atomic mass is 9.99. The summed E-state index contributed by atoms with van der Waals surface area (Å²) in [6.07, 6.45) is -14.0. The van der Waals surface area contributed by atoms with Gasteiger partial charge in [-0.3, -0.25) is 0 Å². The molecule has 0 saturated carbocycles. The minimum absolute atomic E-state index is 0.260. The summed E-state index contributed by atoms with van der Waals surface area (Å²) in [5.74, 6) is -0.423. The Hall–Kier alpha value is -3.51. The zero-order valence-electron chi connectivity index (χ0n) is 23.8. The van der Waals surface area contributed by atoms with Crippen LogP contribution in [0.25, 0.3) is 17.1 Å². The van der Waals surface area contributed by atoms with Crippen LogP contribution in [0.1, 0.15) is 13.8 Å². The number of thiol groups is 1. The summed E-state index contributed by atoms with van der Waals surface area (Å²) in [4.78, 5) is 17.1. The Labute approximate surface area is 254 Å². The first-order chi connectivity index (χ1) is 20.8. The van der Waals surface area contributed by atoms with Crippen molar-refractivity contribution in [3.05, 3.63) is 54.9 Å². The molecule has 0 spiro atoms. The summed E-state index contributed by atoms with van der Waals surface area (Å²) in [6.45, 7) is 3.97. The zero-order chi connectivity index (χ0) is 32.2. The van der Waals surface area contributed by atoms with Crippen molar-refractivity contribution < 1.29 is 55.2 Å². The highest BCUT2D eigenvalue weighted by atomic mass is 32.1. The second kappa shape index (κ2) is 13.6. The number of carbonyl (C=O) groups excluding carboxylic acids is 1. The first-order valence-electron chi connectivity index (χ1n) is 13.1. The van der Waals surface area contributed by atoms with Crippen LogP contribution in [0, 0.1) is 0 Å². The van der Waals surface area contributed by atoms with E-state index in [1.165, 1.54) is 37.4 Å². The van der Waals surface area contributed by atoms with Gasteiger partial charge in [-0.2, -0.15) is 22.0 Å². The summed E-state index contributed by atoms with van der Waals surface area (Å²) >= 11 is 4.27. The molecular formula is C27H29F5N4O7S. The Morgan fingerprint density at radius 1 is 1.00 bits per heavy atom. The summed E-state index contributed by atoms with van der Waals surface area (Å²) < 4.78 is 97.7. The SMILES string of the molecule is CCOC1C(OC)C(C)OC(OC(=O)N(S)c2ccc(-c3ncn(-c4ccc(OC(F)(F)C(F)(F)F)cc4)n3)cc2)C1OC. The summed E-state index contributed by atoms with van der Waals surface area (Å²) in [5, 5.41) is 4.30. The number of hydrogen-bond acceptors (Lipinski definition) is 10. The Morgan fingerprint density at radius 2 is 1.64 bits per heavy atom. The summed E-state index contributed by atoms with van der Waals surface area (Å²) in [7, 11) is 2.97. The van der Waals surface area contributed by atoms with E-state index in [1.807, 2.05) is 6.92 Å². The van der Waals surface area contributed by atoms with Crippen LogP contribution in [0.4, 0.5) is 32.4 Å². The van der Waals surface area contributed by atoms with Gasteiger partial charge in [0.25, 0.3) is 0 Å². The number of amides is 1. The van der Waals surface area contributed by atoms with E-state index in [4.69, 9.17) is 23.7 Å². The molecule has 240 valence electrons. The third-order valence-corrected chi connectivity index (χ3v) is 6.95. The van der Waals surface area contributed by atoms with Crippen molar-refractivity contribution in [2.24, 2.45) is 0 Å². The van der Waals surface area contributed by atoms with E-state index in [0.717, 1.165) is 16.4 Å². The highest BCUT2D eigenvalue weighted by Gasteiger charge is 2.61. The minimum Gasteiger partial charge on any atom is -0.426 e. The van der Waals surface area contributed by atoms with Crippen LogP contribution in [0.15, 0.2) is 54.9 Å². The molecule has 0 N–H and O–H groups in total. The summed E-state index contributed by atoms with van der Waals surface area (Å²) in [6, 6.07) is 10.8. The normalized spacial score (nSPS) is 22.5. The van der Waals surface area contributed by atoms with Gasteiger partial charge in [-0.15, -0.1) is 5.10 Å². The Bertz CT molecular complexity index is 1390. The fraction of sp³-hybridized carbons (Fsp3) is 0.444. The number of nitrogens with zero attached hydrogens (tertiary/aromatic N) is 4. The van der Waals surface area contributed by atoms with E-state index in [1.54, 1.807) is 31.2 Å². The highest BCUT2D eigenvalue weighted by Crippen LogP contribution is 2.37. The molecule has 0 bridgehead atoms. The lowest BCUT2D eigenvalue weighted by Gasteiger charge is -2.43. The van der Waals surface area contributed by atoms with Crippen molar-refractivity contribution in [1.29, 1.82) is 0 Å². The Balaban J connectivity index is 1.41. The van der Waals surface area contributed by atoms with Crippen LogP contribution < -0.4 is 9.04 Å². The van der Waals surface area contributed by atoms with Crippen molar-refractivity contribution in [2.45, 2.75) is 56.8 Å². The van der Waals surface area contributed by atoms with Gasteiger partial charge in [0, 0.05) is 26.4 Å². The second-order valence-corrected chi connectivity index (χ2v) is 9.80. The number of anilines is 1. The van der Waals surface area contributed by atoms with Gasteiger partial charge in [-0.1, -0.05) is 12.8 Å². The Kier molecular flexibility index (Phi) is 10.3. The molecule has 0 radical (unpaired) electrons. The number of hydrogen-bond donors (Lipinski definition) is 1. The zero-order valence-corrected chi connectivity index (χ0v) is 24.7. The summed E-state index contributed by atoms with van der Waals surface area (Å²) in [5.41, 5.74) is 1.22. The van der Waals surface area contributed by atoms with Crippen molar-refractivity contribution in [1.82, 2.24) is 14.8 Å². The van der Waals surface area contributed by atoms with Gasteiger partial charge < -0.3 is 28.4 Å². The molecule has 4 rings (SSSR count). The van der Waals surface area contributed by atoms with E-state index in [9.17, 15) is 26.7 Å². The number of ether oxygens (including phenoxy) is 6. The van der Waals surface area contributed by atoms with Crippen molar-refractivity contribution in [3.63, 3.8) is 0 Å². The maximum absolute atomic E-state index is 13.1. The predicted octanol–water partition coefficient (Wildman–Crippen LogP) is 5.44. The molecule has 11 nitrogen and oxygen atoms in total. The predicted molar refractivity (Wildman–Crippen MR) is 148 cm³/mol. The molecule has 1 aliphatic rings. The average molecular weight is 649 g/mol. The molecule has 1 amide bonds. The largest absolute Gasteiger partial charge is 0.499 e. The standard InChI is InChI=1S/C27H29F5N4O7S/c1-5-40-21-20(38-3)15(2)41-24(22(21)39-4)42-25(37)36(44)18-8-6-16(7-9-18)23-33-14-35(34-23)17-10-12-19(13-11-17)43-27(31,32)26(28,29)30/h6-15,20-22,24,44H,5H2,1-4H3. The lowest BCUT2D eigenvalue weighted by Crippen LogP contribution is -2.60. The smallest absolute Gasteiger partial charge is 0.426 e. The molecule has 1 saturated heterocycles. The number of halogens is 5. The first kappa shape index (κ1) is 33.4. The molecule has 1 aliphatic heterocycles. The topological polar surface area (TPSA) is 106 Å².